The minimum atomic E-state index is -3.20. The Morgan fingerprint density at radius 3 is 1.69 bits per heavy atom. The van der Waals surface area contributed by atoms with Gasteiger partial charge < -0.3 is 36.0 Å². The molecule has 2 aromatic carbocycles. The molecular formula is C50H57F6N15O5S. The Morgan fingerprint density at radius 2 is 1.19 bits per heavy atom. The van der Waals surface area contributed by atoms with Gasteiger partial charge in [0.25, 0.3) is 12.9 Å². The molecule has 0 radical (unpaired) electrons. The molecule has 2 fully saturated rings. The molecule has 5 amide bonds. The number of nitrogens with zero attached hydrogens (tertiary/aromatic N) is 11. The van der Waals surface area contributed by atoms with Crippen molar-refractivity contribution in [1.29, 1.82) is 0 Å². The van der Waals surface area contributed by atoms with Gasteiger partial charge in [-0.05, 0) is 61.1 Å². The predicted molar refractivity (Wildman–Crippen MR) is 271 cm³/mol. The summed E-state index contributed by atoms with van der Waals surface area (Å²) in [6.07, 6.45) is 2.20. The summed E-state index contributed by atoms with van der Waals surface area (Å²) in [5, 5.41) is 29.2. The van der Waals surface area contributed by atoms with Crippen LogP contribution in [-0.2, 0) is 54.2 Å². The van der Waals surface area contributed by atoms with Crippen LogP contribution in [0, 0.1) is 11.6 Å². The van der Waals surface area contributed by atoms with Crippen LogP contribution in [0.25, 0.3) is 22.3 Å². The van der Waals surface area contributed by atoms with Crippen molar-refractivity contribution in [1.82, 2.24) is 64.5 Å². The molecule has 4 aliphatic heterocycles. The maximum absolute atomic E-state index is 16.1. The Labute approximate surface area is 438 Å². The van der Waals surface area contributed by atoms with Crippen LogP contribution in [0.3, 0.4) is 0 Å². The molecule has 20 nitrogen and oxygen atoms in total. The molecule has 0 unspecified atom stereocenters. The molecule has 410 valence electrons. The van der Waals surface area contributed by atoms with E-state index in [4.69, 9.17) is 10.2 Å². The average molecular weight is 1090 g/mol. The third kappa shape index (κ3) is 10.9. The highest BCUT2D eigenvalue weighted by molar-refractivity contribution is 7.91. The first-order chi connectivity index (χ1) is 36.8. The van der Waals surface area contributed by atoms with Crippen molar-refractivity contribution in [3.8, 4) is 22.3 Å². The monoisotopic (exact) mass is 1090 g/mol. The zero-order valence-corrected chi connectivity index (χ0v) is 43.2. The van der Waals surface area contributed by atoms with Gasteiger partial charge in [-0.1, -0.05) is 0 Å². The number of halogens is 6. The van der Waals surface area contributed by atoms with E-state index in [-0.39, 0.29) is 108 Å². The lowest BCUT2D eigenvalue weighted by Crippen LogP contribution is -2.44. The number of fused-ring (bicyclic) bond motifs is 2. The average Bonchev–Trinajstić information content (AvgIpc) is 4.23. The quantitative estimate of drug-likeness (QED) is 0.0838. The summed E-state index contributed by atoms with van der Waals surface area (Å²) in [6.45, 7) is 3.38. The summed E-state index contributed by atoms with van der Waals surface area (Å²) < 4.78 is 122. The van der Waals surface area contributed by atoms with Crippen molar-refractivity contribution in [2.45, 2.75) is 90.0 Å². The Hall–Kier alpha value is -7.58. The highest BCUT2D eigenvalue weighted by atomic mass is 32.2. The van der Waals surface area contributed by atoms with Gasteiger partial charge in [-0.25, -0.2) is 44.3 Å². The maximum atomic E-state index is 16.1. The SMILES string of the molecule is CNC(=O)N1CCc2c(c(Nc3cc(C(F)F)c(-c4cnn(CCNC(=O)N5CCc6c(c(Nc7cc(C(F)F)c(-c8cnn(C)c8)cc7F)nn6C6CCN(C(C)=O)CC6)C5)c4)cc3F)nn2C2CCS(=O)(=O)CC2)C1. The topological polar surface area (TPSA) is 214 Å². The van der Waals surface area contributed by atoms with E-state index in [2.05, 4.69) is 31.5 Å². The highest BCUT2D eigenvalue weighted by Gasteiger charge is 2.35. The number of nitrogens with one attached hydrogen (secondary N) is 4. The number of carbonyl (C=O) groups is 3. The fourth-order valence-electron chi connectivity index (χ4n) is 10.8. The first-order valence-electron chi connectivity index (χ1n) is 25.3. The van der Waals surface area contributed by atoms with Crippen LogP contribution in [0.5, 0.6) is 0 Å². The van der Waals surface area contributed by atoms with E-state index in [9.17, 15) is 40.4 Å². The molecule has 2 saturated heterocycles. The number of anilines is 4. The molecule has 0 bridgehead atoms. The van der Waals surface area contributed by atoms with Gasteiger partial charge in [0.2, 0.25) is 5.91 Å². The number of likely N-dealkylation sites (tertiary alicyclic amines) is 1. The molecule has 4 aliphatic rings. The van der Waals surface area contributed by atoms with E-state index < -0.39 is 51.5 Å². The lowest BCUT2D eigenvalue weighted by Gasteiger charge is -2.33. The van der Waals surface area contributed by atoms with Crippen LogP contribution in [0.1, 0.15) is 91.2 Å². The van der Waals surface area contributed by atoms with Crippen molar-refractivity contribution >= 4 is 50.8 Å². The van der Waals surface area contributed by atoms with E-state index in [0.29, 0.717) is 74.8 Å². The highest BCUT2D eigenvalue weighted by Crippen LogP contribution is 2.41. The van der Waals surface area contributed by atoms with Gasteiger partial charge in [0, 0.05) is 124 Å². The number of piperidine rings is 1. The van der Waals surface area contributed by atoms with Crippen LogP contribution in [0.2, 0.25) is 0 Å². The number of aryl methyl sites for hydroxylation is 1. The molecule has 4 N–H and O–H groups in total. The van der Waals surface area contributed by atoms with Gasteiger partial charge in [-0.3, -0.25) is 23.5 Å². The number of aromatic nitrogens is 8. The number of hydrogen-bond acceptors (Lipinski definition) is 11. The second-order valence-corrected chi connectivity index (χ2v) is 22.1. The van der Waals surface area contributed by atoms with Gasteiger partial charge in [-0.15, -0.1) is 0 Å². The van der Waals surface area contributed by atoms with E-state index >= 15 is 8.78 Å². The Morgan fingerprint density at radius 1 is 0.688 bits per heavy atom. The summed E-state index contributed by atoms with van der Waals surface area (Å²) in [4.78, 5) is 43.4. The smallest absolute Gasteiger partial charge is 0.317 e. The molecule has 10 rings (SSSR count). The van der Waals surface area contributed by atoms with Crippen molar-refractivity contribution in [2.75, 3.05) is 61.9 Å². The summed E-state index contributed by atoms with van der Waals surface area (Å²) >= 11 is 0. The van der Waals surface area contributed by atoms with Gasteiger partial charge in [0.1, 0.15) is 21.5 Å². The third-order valence-corrected chi connectivity index (χ3v) is 16.6. The summed E-state index contributed by atoms with van der Waals surface area (Å²) in [6, 6.07) is 2.86. The molecule has 0 saturated carbocycles. The Balaban J connectivity index is 0.835. The summed E-state index contributed by atoms with van der Waals surface area (Å²) in [5.74, 6) is -1.42. The number of benzene rings is 2. The number of carbonyl (C=O) groups excluding carboxylic acids is 3. The molecular weight excluding hydrogens is 1040 g/mol. The van der Waals surface area contributed by atoms with E-state index in [0.717, 1.165) is 35.7 Å². The molecule has 27 heteroatoms. The van der Waals surface area contributed by atoms with Gasteiger partial charge in [-0.2, -0.15) is 20.4 Å². The number of hydrogen-bond donors (Lipinski definition) is 4. The molecule has 6 aromatic rings. The summed E-state index contributed by atoms with van der Waals surface area (Å²) in [5.41, 5.74) is 1.60. The van der Waals surface area contributed by atoms with Crippen molar-refractivity contribution < 1.29 is 49.1 Å². The second kappa shape index (κ2) is 21.4. The lowest BCUT2D eigenvalue weighted by atomic mass is 10.0. The Kier molecular flexibility index (Phi) is 14.7. The fraction of sp³-hybridized carbons (Fsp3) is 0.460. The zero-order valence-electron chi connectivity index (χ0n) is 42.4. The largest absolute Gasteiger partial charge is 0.343 e. The van der Waals surface area contributed by atoms with Crippen molar-refractivity contribution in [2.24, 2.45) is 7.05 Å². The lowest BCUT2D eigenvalue weighted by molar-refractivity contribution is -0.130. The van der Waals surface area contributed by atoms with Gasteiger partial charge >= 0.3 is 12.1 Å². The predicted octanol–water partition coefficient (Wildman–Crippen LogP) is 7.38. The minimum absolute atomic E-state index is 0.0119. The first kappa shape index (κ1) is 52.8. The number of sulfone groups is 1. The standard InChI is InChI=1S/C50H57F6N15O5S/c1-28(72)66-11-4-31(5-12-66)70-43-7-14-68(27-38(43)48(63-70)62-41-20-35(45(53)54)33(18-39(41)51)29-22-59-65(3)24-29)50(74)58-10-15-69-25-30(23-60-69)34-19-40(52)42(21-36(34)46(55)56)61-47-37-26-67(49(73)57-2)13-6-44(37)71(64-47)32-8-16-77(75,76)17-9-32/h18-25,31-32,45-46H,4-17,26-27H2,1-3H3,(H,57,73)(H,58,74)(H,61,64)(H,62,63). The number of alkyl halides is 4. The number of amides is 5. The van der Waals surface area contributed by atoms with E-state index in [1.54, 1.807) is 21.5 Å². The van der Waals surface area contributed by atoms with Crippen LogP contribution < -0.4 is 21.3 Å². The molecule has 0 spiro atoms. The van der Waals surface area contributed by atoms with E-state index in [1.807, 2.05) is 4.68 Å². The maximum Gasteiger partial charge on any atom is 0.317 e. The van der Waals surface area contributed by atoms with Crippen LogP contribution >= 0.6 is 0 Å². The van der Waals surface area contributed by atoms with Gasteiger partial charge in [0.05, 0.1) is 67.0 Å². The molecule has 0 aliphatic carbocycles. The minimum Gasteiger partial charge on any atom is -0.343 e. The summed E-state index contributed by atoms with van der Waals surface area (Å²) in [7, 11) is -0.0821. The molecule has 0 atom stereocenters. The zero-order chi connectivity index (χ0) is 54.4. The molecule has 4 aromatic heterocycles. The van der Waals surface area contributed by atoms with Crippen LogP contribution in [0.15, 0.2) is 49.1 Å². The fourth-order valence-corrected chi connectivity index (χ4v) is 12.3. The second-order valence-electron chi connectivity index (χ2n) is 19.8. The van der Waals surface area contributed by atoms with Gasteiger partial charge in [0.15, 0.2) is 11.6 Å². The first-order valence-corrected chi connectivity index (χ1v) is 27.1. The molecule has 8 heterocycles. The van der Waals surface area contributed by atoms with Crippen LogP contribution in [-0.4, -0.2) is 131 Å². The van der Waals surface area contributed by atoms with Crippen LogP contribution in [0.4, 0.5) is 58.9 Å². The Bertz CT molecular complexity index is 3340. The van der Waals surface area contributed by atoms with Crippen molar-refractivity contribution in [3.63, 3.8) is 0 Å². The third-order valence-electron chi connectivity index (χ3n) is 14.9. The normalized spacial score (nSPS) is 16.9. The van der Waals surface area contributed by atoms with E-state index in [1.165, 1.54) is 53.0 Å². The number of rotatable bonds is 13. The molecule has 77 heavy (non-hydrogen) atoms. The number of urea groups is 2. The van der Waals surface area contributed by atoms with Crippen molar-refractivity contribution in [3.05, 3.63) is 94.3 Å².